The van der Waals surface area contributed by atoms with Gasteiger partial charge in [-0.1, -0.05) is 0 Å². The van der Waals surface area contributed by atoms with E-state index in [4.69, 9.17) is 4.42 Å². The summed E-state index contributed by atoms with van der Waals surface area (Å²) in [5.41, 5.74) is 0.0754. The first-order valence-electron chi connectivity index (χ1n) is 7.81. The first kappa shape index (κ1) is 16.3. The van der Waals surface area contributed by atoms with Gasteiger partial charge in [0.25, 0.3) is 0 Å². The number of aryl methyl sites for hydroxylation is 1. The Hall–Kier alpha value is -2.54. The van der Waals surface area contributed by atoms with Crippen LogP contribution >= 0.6 is 0 Å². The second kappa shape index (κ2) is 6.16. The molecule has 2 heterocycles. The van der Waals surface area contributed by atoms with Gasteiger partial charge in [-0.25, -0.2) is 4.79 Å². The summed E-state index contributed by atoms with van der Waals surface area (Å²) in [5, 5.41) is 29.3. The average molecular weight is 333 g/mol. The van der Waals surface area contributed by atoms with Crippen molar-refractivity contribution in [3.05, 3.63) is 33.7 Å². The van der Waals surface area contributed by atoms with Crippen LogP contribution < -0.4 is 5.63 Å². The third-order valence-corrected chi connectivity index (χ3v) is 4.49. The van der Waals surface area contributed by atoms with Crippen LogP contribution in [0, 0.1) is 6.92 Å². The van der Waals surface area contributed by atoms with Gasteiger partial charge in [-0.3, -0.25) is 4.79 Å². The van der Waals surface area contributed by atoms with Gasteiger partial charge >= 0.3 is 5.63 Å². The van der Waals surface area contributed by atoms with Gasteiger partial charge in [-0.05, 0) is 25.3 Å². The monoisotopic (exact) mass is 333 g/mol. The third-order valence-electron chi connectivity index (χ3n) is 4.49. The number of carbonyl (C=O) groups is 1. The van der Waals surface area contributed by atoms with Crippen molar-refractivity contribution in [2.24, 2.45) is 0 Å². The lowest BCUT2D eigenvalue weighted by Gasteiger charge is -2.29. The number of amides is 1. The maximum absolute atomic E-state index is 12.4. The van der Waals surface area contributed by atoms with Crippen LogP contribution in [0.5, 0.6) is 11.5 Å². The molecule has 0 bridgehead atoms. The van der Waals surface area contributed by atoms with E-state index in [-0.39, 0.29) is 41.1 Å². The van der Waals surface area contributed by atoms with Crippen LogP contribution in [-0.2, 0) is 11.2 Å². The summed E-state index contributed by atoms with van der Waals surface area (Å²) in [5.74, 6) is -0.630. The second-order valence-corrected chi connectivity index (χ2v) is 6.12. The van der Waals surface area contributed by atoms with Gasteiger partial charge in [0.1, 0.15) is 17.1 Å². The zero-order valence-electron chi connectivity index (χ0n) is 13.3. The van der Waals surface area contributed by atoms with E-state index >= 15 is 0 Å². The highest BCUT2D eigenvalue weighted by atomic mass is 16.4. The molecule has 7 heteroatoms. The van der Waals surface area contributed by atoms with E-state index in [1.54, 1.807) is 11.8 Å². The highest BCUT2D eigenvalue weighted by molar-refractivity contribution is 5.90. The normalized spacial score (nSPS) is 15.8. The Labute approximate surface area is 137 Å². The lowest BCUT2D eigenvalue weighted by atomic mass is 10.0. The van der Waals surface area contributed by atoms with Crippen LogP contribution in [-0.4, -0.2) is 45.3 Å². The number of phenolic OH excluding ortho intramolecular Hbond substituents is 2. The number of benzene rings is 1. The molecule has 0 atom stereocenters. The van der Waals surface area contributed by atoms with E-state index in [9.17, 15) is 24.9 Å². The molecule has 2 aromatic rings. The molecule has 3 N–H and O–H groups in total. The Kier molecular flexibility index (Phi) is 4.19. The summed E-state index contributed by atoms with van der Waals surface area (Å²) in [6.45, 7) is 2.55. The van der Waals surface area contributed by atoms with E-state index in [2.05, 4.69) is 0 Å². The highest BCUT2D eigenvalue weighted by Gasteiger charge is 2.24. The number of aliphatic hydroxyl groups is 1. The van der Waals surface area contributed by atoms with Crippen LogP contribution in [0.2, 0.25) is 0 Å². The first-order chi connectivity index (χ1) is 11.4. The Morgan fingerprint density at radius 2 is 1.96 bits per heavy atom. The molecule has 24 heavy (non-hydrogen) atoms. The van der Waals surface area contributed by atoms with Crippen molar-refractivity contribution in [3.63, 3.8) is 0 Å². The summed E-state index contributed by atoms with van der Waals surface area (Å²) in [4.78, 5) is 26.2. The zero-order valence-corrected chi connectivity index (χ0v) is 13.3. The van der Waals surface area contributed by atoms with Crippen LogP contribution in [0.1, 0.15) is 24.0 Å². The molecular weight excluding hydrogens is 314 g/mol. The Morgan fingerprint density at radius 1 is 1.29 bits per heavy atom. The van der Waals surface area contributed by atoms with Crippen molar-refractivity contribution >= 4 is 16.9 Å². The fourth-order valence-corrected chi connectivity index (χ4v) is 3.09. The van der Waals surface area contributed by atoms with E-state index in [0.717, 1.165) is 6.07 Å². The molecule has 0 radical (unpaired) electrons. The molecule has 1 saturated heterocycles. The van der Waals surface area contributed by atoms with Crippen molar-refractivity contribution in [1.29, 1.82) is 0 Å². The molecule has 7 nitrogen and oxygen atoms in total. The summed E-state index contributed by atoms with van der Waals surface area (Å²) in [6.07, 6.45) is 0.542. The molecule has 1 fully saturated rings. The van der Waals surface area contributed by atoms with Crippen molar-refractivity contribution in [3.8, 4) is 11.5 Å². The molecule has 1 aliphatic rings. The maximum atomic E-state index is 12.4. The minimum atomic E-state index is -0.657. The molecule has 128 valence electrons. The summed E-state index contributed by atoms with van der Waals surface area (Å²) < 4.78 is 5.15. The largest absolute Gasteiger partial charge is 0.508 e. The second-order valence-electron chi connectivity index (χ2n) is 6.12. The van der Waals surface area contributed by atoms with Crippen LogP contribution in [0.25, 0.3) is 11.0 Å². The van der Waals surface area contributed by atoms with Gasteiger partial charge in [0.05, 0.1) is 23.5 Å². The van der Waals surface area contributed by atoms with Crippen molar-refractivity contribution in [1.82, 2.24) is 4.90 Å². The quantitative estimate of drug-likeness (QED) is 0.708. The number of piperidine rings is 1. The lowest BCUT2D eigenvalue weighted by Crippen LogP contribution is -2.41. The molecule has 0 aliphatic carbocycles. The fraction of sp³-hybridized carbons (Fsp3) is 0.412. The van der Waals surface area contributed by atoms with Gasteiger partial charge in [0.2, 0.25) is 5.91 Å². The van der Waals surface area contributed by atoms with Crippen LogP contribution in [0.4, 0.5) is 0 Å². The summed E-state index contributed by atoms with van der Waals surface area (Å²) >= 11 is 0. The predicted octanol–water partition coefficient (Wildman–Crippen LogP) is 1.04. The van der Waals surface area contributed by atoms with Crippen molar-refractivity contribution in [2.75, 3.05) is 13.1 Å². The van der Waals surface area contributed by atoms with Gasteiger partial charge in [-0.15, -0.1) is 0 Å². The molecule has 3 rings (SSSR count). The molecule has 1 amide bonds. The van der Waals surface area contributed by atoms with E-state index in [0.29, 0.717) is 36.9 Å². The highest BCUT2D eigenvalue weighted by Crippen LogP contribution is 2.32. The zero-order chi connectivity index (χ0) is 17.4. The topological polar surface area (TPSA) is 111 Å². The summed E-state index contributed by atoms with van der Waals surface area (Å²) in [7, 11) is 0. The van der Waals surface area contributed by atoms with Gasteiger partial charge in [0.15, 0.2) is 0 Å². The number of phenols is 2. The molecule has 0 saturated carbocycles. The number of likely N-dealkylation sites (tertiary alicyclic amines) is 1. The Bertz CT molecular complexity index is 848. The van der Waals surface area contributed by atoms with Gasteiger partial charge < -0.3 is 24.6 Å². The van der Waals surface area contributed by atoms with Crippen molar-refractivity contribution < 1.29 is 24.5 Å². The number of rotatable bonds is 2. The summed E-state index contributed by atoms with van der Waals surface area (Å²) in [6, 6.07) is 2.41. The maximum Gasteiger partial charge on any atom is 0.340 e. The van der Waals surface area contributed by atoms with E-state index < -0.39 is 5.63 Å². The Balaban J connectivity index is 1.95. The average Bonchev–Trinajstić information content (AvgIpc) is 2.50. The first-order valence-corrected chi connectivity index (χ1v) is 7.81. The molecule has 1 aromatic carbocycles. The van der Waals surface area contributed by atoms with Crippen LogP contribution in [0.3, 0.4) is 0 Å². The SMILES string of the molecule is Cc1c(CC(=O)N2CCC(O)CC2)c(=O)oc2cc(O)cc(O)c12. The molecule has 0 spiro atoms. The lowest BCUT2D eigenvalue weighted by molar-refractivity contribution is -0.132. The molecule has 1 aromatic heterocycles. The molecule has 1 aliphatic heterocycles. The van der Waals surface area contributed by atoms with Crippen molar-refractivity contribution in [2.45, 2.75) is 32.3 Å². The standard InChI is InChI=1S/C17H19NO6/c1-9-12(8-15(22)18-4-2-10(19)3-5-18)17(23)24-14-7-11(20)6-13(21)16(9)14/h6-7,10,19-21H,2-5,8H2,1H3. The number of nitrogens with zero attached hydrogens (tertiary/aromatic N) is 1. The number of aliphatic hydroxyl groups excluding tert-OH is 1. The van der Waals surface area contributed by atoms with Crippen LogP contribution in [0.15, 0.2) is 21.3 Å². The van der Waals surface area contributed by atoms with E-state index in [1.807, 2.05) is 0 Å². The number of hydrogen-bond donors (Lipinski definition) is 3. The number of aromatic hydroxyl groups is 2. The minimum absolute atomic E-state index is 0.0762. The minimum Gasteiger partial charge on any atom is -0.508 e. The molecular formula is C17H19NO6. The van der Waals surface area contributed by atoms with Gasteiger partial charge in [-0.2, -0.15) is 0 Å². The van der Waals surface area contributed by atoms with E-state index in [1.165, 1.54) is 6.07 Å². The van der Waals surface area contributed by atoms with Gasteiger partial charge in [0, 0.05) is 25.2 Å². The fourth-order valence-electron chi connectivity index (χ4n) is 3.09. The number of carbonyl (C=O) groups excluding carboxylic acids is 1. The third kappa shape index (κ3) is 2.94. The molecule has 0 unspecified atom stereocenters. The predicted molar refractivity (Wildman–Crippen MR) is 86.1 cm³/mol. The smallest absolute Gasteiger partial charge is 0.340 e. The number of hydrogen-bond acceptors (Lipinski definition) is 6. The Morgan fingerprint density at radius 3 is 2.62 bits per heavy atom. The number of fused-ring (bicyclic) bond motifs is 1.